The Bertz CT molecular complexity index is 884. The summed E-state index contributed by atoms with van der Waals surface area (Å²) >= 11 is 0. The fourth-order valence-corrected chi connectivity index (χ4v) is 2.48. The van der Waals surface area contributed by atoms with Crippen LogP contribution in [-0.4, -0.2) is 27.3 Å². The third-order valence-corrected chi connectivity index (χ3v) is 3.72. The highest BCUT2D eigenvalue weighted by Gasteiger charge is 2.11. The van der Waals surface area contributed by atoms with Crippen molar-refractivity contribution >= 4 is 5.97 Å². The van der Waals surface area contributed by atoms with Gasteiger partial charge in [-0.25, -0.2) is 14.5 Å². The fourth-order valence-electron chi connectivity index (χ4n) is 2.48. The van der Waals surface area contributed by atoms with Gasteiger partial charge in [0.05, 0.1) is 17.9 Å². The summed E-state index contributed by atoms with van der Waals surface area (Å²) in [4.78, 5) is 16.6. The lowest BCUT2D eigenvalue weighted by Crippen LogP contribution is -2.10. The standard InChI is InChI=1S/C20H21N3O3/c1-4-11-25-17-6-8-18(9-7-17)26-20(24)16-5-10-19(21-13-16)23-15(3)12-14(2)22-23/h5-10,12-13H,4,11H2,1-3H3. The molecule has 0 bridgehead atoms. The van der Waals surface area contributed by atoms with Gasteiger partial charge in [0.2, 0.25) is 0 Å². The normalized spacial score (nSPS) is 10.6. The number of aryl methyl sites for hydroxylation is 2. The SMILES string of the molecule is CCCOc1ccc(OC(=O)c2ccc(-n3nc(C)cc3C)nc2)cc1. The number of nitrogens with zero attached hydrogens (tertiary/aromatic N) is 3. The third kappa shape index (κ3) is 4.08. The minimum Gasteiger partial charge on any atom is -0.494 e. The molecule has 2 aromatic heterocycles. The van der Waals surface area contributed by atoms with Crippen LogP contribution < -0.4 is 9.47 Å². The molecular formula is C20H21N3O3. The van der Waals surface area contributed by atoms with Gasteiger partial charge in [-0.2, -0.15) is 5.10 Å². The maximum Gasteiger partial charge on any atom is 0.345 e. The quantitative estimate of drug-likeness (QED) is 0.498. The third-order valence-electron chi connectivity index (χ3n) is 3.72. The van der Waals surface area contributed by atoms with E-state index in [1.165, 1.54) is 6.20 Å². The average Bonchev–Trinajstić information content (AvgIpc) is 2.99. The minimum absolute atomic E-state index is 0.376. The van der Waals surface area contributed by atoms with Crippen LogP contribution in [0.15, 0.2) is 48.7 Å². The zero-order chi connectivity index (χ0) is 18.5. The number of carbonyl (C=O) groups excluding carboxylic acids is 1. The predicted molar refractivity (Wildman–Crippen MR) is 98.0 cm³/mol. The lowest BCUT2D eigenvalue weighted by molar-refractivity contribution is 0.0734. The summed E-state index contributed by atoms with van der Waals surface area (Å²) in [5.41, 5.74) is 2.27. The molecule has 1 aromatic carbocycles. The number of ether oxygens (including phenoxy) is 2. The first kappa shape index (κ1) is 17.7. The van der Waals surface area contributed by atoms with Gasteiger partial charge in [-0.1, -0.05) is 6.92 Å². The number of hydrogen-bond donors (Lipinski definition) is 0. The van der Waals surface area contributed by atoms with Gasteiger partial charge in [-0.3, -0.25) is 0 Å². The molecule has 0 saturated carbocycles. The molecule has 0 aliphatic heterocycles. The Kier molecular flexibility index (Phi) is 5.31. The van der Waals surface area contributed by atoms with Crippen LogP contribution in [0.1, 0.15) is 35.1 Å². The molecule has 26 heavy (non-hydrogen) atoms. The van der Waals surface area contributed by atoms with Crippen molar-refractivity contribution in [2.45, 2.75) is 27.2 Å². The molecule has 0 unspecified atom stereocenters. The molecule has 134 valence electrons. The number of pyridine rings is 1. The van der Waals surface area contributed by atoms with E-state index in [4.69, 9.17) is 9.47 Å². The second-order valence-corrected chi connectivity index (χ2v) is 5.95. The average molecular weight is 351 g/mol. The van der Waals surface area contributed by atoms with Crippen LogP contribution in [0.3, 0.4) is 0 Å². The Morgan fingerprint density at radius 2 is 1.81 bits per heavy atom. The Balaban J connectivity index is 1.67. The number of esters is 1. The van der Waals surface area contributed by atoms with E-state index in [-0.39, 0.29) is 0 Å². The van der Waals surface area contributed by atoms with Crippen LogP contribution in [0.4, 0.5) is 0 Å². The van der Waals surface area contributed by atoms with Gasteiger partial charge in [0.1, 0.15) is 11.5 Å². The molecular weight excluding hydrogens is 330 g/mol. The lowest BCUT2D eigenvalue weighted by Gasteiger charge is -2.08. The van der Waals surface area contributed by atoms with E-state index in [1.54, 1.807) is 41.1 Å². The first-order valence-corrected chi connectivity index (χ1v) is 8.51. The molecule has 0 fully saturated rings. The first-order valence-electron chi connectivity index (χ1n) is 8.51. The molecule has 0 amide bonds. The second-order valence-electron chi connectivity index (χ2n) is 5.95. The van der Waals surface area contributed by atoms with Crippen molar-refractivity contribution < 1.29 is 14.3 Å². The maximum atomic E-state index is 12.3. The minimum atomic E-state index is -0.459. The van der Waals surface area contributed by atoms with E-state index in [1.807, 2.05) is 26.8 Å². The van der Waals surface area contributed by atoms with Crippen LogP contribution in [0, 0.1) is 13.8 Å². The van der Waals surface area contributed by atoms with Gasteiger partial charge < -0.3 is 9.47 Å². The molecule has 3 aromatic rings. The van der Waals surface area contributed by atoms with Crippen molar-refractivity contribution in [3.8, 4) is 17.3 Å². The Hall–Kier alpha value is -3.15. The van der Waals surface area contributed by atoms with E-state index in [0.29, 0.717) is 23.7 Å². The highest BCUT2D eigenvalue weighted by Crippen LogP contribution is 2.19. The van der Waals surface area contributed by atoms with Crippen molar-refractivity contribution in [2.75, 3.05) is 6.61 Å². The van der Waals surface area contributed by atoms with Gasteiger partial charge in [0, 0.05) is 11.9 Å². The van der Waals surface area contributed by atoms with Crippen LogP contribution in [-0.2, 0) is 0 Å². The molecule has 0 aliphatic rings. The number of rotatable bonds is 6. The summed E-state index contributed by atoms with van der Waals surface area (Å²) in [7, 11) is 0. The molecule has 2 heterocycles. The number of carbonyl (C=O) groups is 1. The van der Waals surface area contributed by atoms with Gasteiger partial charge in [0.25, 0.3) is 0 Å². The van der Waals surface area contributed by atoms with Gasteiger partial charge in [-0.05, 0) is 62.7 Å². The van der Waals surface area contributed by atoms with Gasteiger partial charge in [0.15, 0.2) is 5.82 Å². The molecule has 0 N–H and O–H groups in total. The van der Waals surface area contributed by atoms with E-state index < -0.39 is 5.97 Å². The molecule has 6 nitrogen and oxygen atoms in total. The molecule has 3 rings (SSSR count). The Morgan fingerprint density at radius 3 is 2.38 bits per heavy atom. The molecule has 0 radical (unpaired) electrons. The van der Waals surface area contributed by atoms with Crippen LogP contribution in [0.25, 0.3) is 5.82 Å². The number of benzene rings is 1. The molecule has 0 spiro atoms. The summed E-state index contributed by atoms with van der Waals surface area (Å²) in [6.45, 7) is 6.59. The summed E-state index contributed by atoms with van der Waals surface area (Å²) < 4.78 is 12.6. The van der Waals surface area contributed by atoms with Crippen LogP contribution >= 0.6 is 0 Å². The second kappa shape index (κ2) is 7.82. The van der Waals surface area contributed by atoms with Crippen LogP contribution in [0.2, 0.25) is 0 Å². The van der Waals surface area contributed by atoms with Crippen LogP contribution in [0.5, 0.6) is 11.5 Å². The molecule has 0 atom stereocenters. The van der Waals surface area contributed by atoms with Crippen molar-refractivity contribution in [1.29, 1.82) is 0 Å². The maximum absolute atomic E-state index is 12.3. The highest BCUT2D eigenvalue weighted by molar-refractivity contribution is 5.90. The largest absolute Gasteiger partial charge is 0.494 e. The van der Waals surface area contributed by atoms with Gasteiger partial charge >= 0.3 is 5.97 Å². The van der Waals surface area contributed by atoms with Crippen molar-refractivity contribution in [2.24, 2.45) is 0 Å². The first-order chi connectivity index (χ1) is 12.6. The monoisotopic (exact) mass is 351 g/mol. The van der Waals surface area contributed by atoms with Crippen molar-refractivity contribution in [1.82, 2.24) is 14.8 Å². The summed E-state index contributed by atoms with van der Waals surface area (Å²) in [5.74, 6) is 1.41. The zero-order valence-electron chi connectivity index (χ0n) is 15.1. The van der Waals surface area contributed by atoms with E-state index in [9.17, 15) is 4.79 Å². The van der Waals surface area contributed by atoms with E-state index >= 15 is 0 Å². The van der Waals surface area contributed by atoms with Crippen molar-refractivity contribution in [3.63, 3.8) is 0 Å². The lowest BCUT2D eigenvalue weighted by atomic mass is 10.3. The smallest absolute Gasteiger partial charge is 0.345 e. The topological polar surface area (TPSA) is 66.2 Å². The van der Waals surface area contributed by atoms with Gasteiger partial charge in [-0.15, -0.1) is 0 Å². The number of aromatic nitrogens is 3. The Labute approximate surface area is 152 Å². The number of hydrogen-bond acceptors (Lipinski definition) is 5. The van der Waals surface area contributed by atoms with Crippen molar-refractivity contribution in [3.05, 3.63) is 65.6 Å². The fraction of sp³-hybridized carbons (Fsp3) is 0.250. The Morgan fingerprint density at radius 1 is 1.08 bits per heavy atom. The summed E-state index contributed by atoms with van der Waals surface area (Å²) in [6, 6.07) is 12.4. The van der Waals surface area contributed by atoms with E-state index in [0.717, 1.165) is 23.6 Å². The highest BCUT2D eigenvalue weighted by atomic mass is 16.5. The zero-order valence-corrected chi connectivity index (χ0v) is 15.1. The summed E-state index contributed by atoms with van der Waals surface area (Å²) in [6.07, 6.45) is 2.43. The summed E-state index contributed by atoms with van der Waals surface area (Å²) in [5, 5.41) is 4.38. The molecule has 0 saturated heterocycles. The molecule has 0 aliphatic carbocycles. The predicted octanol–water partition coefficient (Wildman–Crippen LogP) is 3.89. The van der Waals surface area contributed by atoms with E-state index in [2.05, 4.69) is 10.1 Å². The molecule has 6 heteroatoms.